The fraction of sp³-hybridized carbons (Fsp3) is 0.625. The standard InChI is InChI=1S/C16H23N5O2/c1-9(2)12-7-13(23-20-12)16(22)17-11-5-6-14-18-19-15(10(3)4)21(14)8-11/h7,9-11H,5-6,8H2,1-4H3,(H,17,22). The van der Waals surface area contributed by atoms with Gasteiger partial charge in [-0.3, -0.25) is 4.79 Å². The second-order valence-electron chi connectivity index (χ2n) is 6.72. The number of fused-ring (bicyclic) bond motifs is 1. The molecule has 0 spiro atoms. The summed E-state index contributed by atoms with van der Waals surface area (Å²) in [5, 5.41) is 15.5. The van der Waals surface area contributed by atoms with E-state index in [0.717, 1.165) is 30.2 Å². The van der Waals surface area contributed by atoms with Crippen LogP contribution in [0.1, 0.15) is 73.8 Å². The molecule has 2 aromatic heterocycles. The molecule has 0 aromatic carbocycles. The van der Waals surface area contributed by atoms with Gasteiger partial charge in [0.2, 0.25) is 5.76 Å². The van der Waals surface area contributed by atoms with Crippen LogP contribution >= 0.6 is 0 Å². The summed E-state index contributed by atoms with van der Waals surface area (Å²) in [6, 6.07) is 1.77. The van der Waals surface area contributed by atoms with Crippen molar-refractivity contribution in [2.24, 2.45) is 0 Å². The largest absolute Gasteiger partial charge is 0.351 e. The molecule has 0 radical (unpaired) electrons. The SMILES string of the molecule is CC(C)c1cc(C(=O)NC2CCc3nnc(C(C)C)n3C2)on1. The van der Waals surface area contributed by atoms with Gasteiger partial charge in [-0.1, -0.05) is 32.9 Å². The summed E-state index contributed by atoms with van der Waals surface area (Å²) in [6.45, 7) is 8.93. The van der Waals surface area contributed by atoms with Gasteiger partial charge in [0.1, 0.15) is 11.6 Å². The van der Waals surface area contributed by atoms with E-state index in [1.807, 2.05) is 13.8 Å². The molecule has 0 saturated heterocycles. The van der Waals surface area contributed by atoms with Crippen LogP contribution in [0.25, 0.3) is 0 Å². The molecule has 2 aromatic rings. The van der Waals surface area contributed by atoms with E-state index in [4.69, 9.17) is 4.52 Å². The summed E-state index contributed by atoms with van der Waals surface area (Å²) in [5.41, 5.74) is 0.794. The van der Waals surface area contributed by atoms with Crippen molar-refractivity contribution >= 4 is 5.91 Å². The van der Waals surface area contributed by atoms with Crippen LogP contribution in [0.4, 0.5) is 0 Å². The van der Waals surface area contributed by atoms with Crippen LogP contribution in [0, 0.1) is 0 Å². The zero-order valence-electron chi connectivity index (χ0n) is 14.0. The Kier molecular flexibility index (Phi) is 4.19. The first-order valence-electron chi connectivity index (χ1n) is 8.15. The van der Waals surface area contributed by atoms with Crippen molar-refractivity contribution in [1.29, 1.82) is 0 Å². The third kappa shape index (κ3) is 3.13. The number of rotatable bonds is 4. The topological polar surface area (TPSA) is 85.8 Å². The molecule has 0 bridgehead atoms. The molecule has 1 aliphatic rings. The molecular weight excluding hydrogens is 294 g/mol. The highest BCUT2D eigenvalue weighted by Crippen LogP contribution is 2.20. The molecule has 1 N–H and O–H groups in total. The maximum Gasteiger partial charge on any atom is 0.290 e. The predicted molar refractivity (Wildman–Crippen MR) is 84.3 cm³/mol. The highest BCUT2D eigenvalue weighted by Gasteiger charge is 2.26. The predicted octanol–water partition coefficient (Wildman–Crippen LogP) is 2.26. The Morgan fingerprint density at radius 2 is 2.09 bits per heavy atom. The first kappa shape index (κ1) is 15.7. The van der Waals surface area contributed by atoms with Crippen molar-refractivity contribution in [3.8, 4) is 0 Å². The summed E-state index contributed by atoms with van der Waals surface area (Å²) in [7, 11) is 0. The van der Waals surface area contributed by atoms with Gasteiger partial charge in [-0.15, -0.1) is 10.2 Å². The van der Waals surface area contributed by atoms with Crippen LogP contribution < -0.4 is 5.32 Å². The maximum atomic E-state index is 12.3. The highest BCUT2D eigenvalue weighted by atomic mass is 16.5. The minimum Gasteiger partial charge on any atom is -0.351 e. The fourth-order valence-electron chi connectivity index (χ4n) is 2.82. The number of carbonyl (C=O) groups is 1. The molecule has 0 saturated carbocycles. The quantitative estimate of drug-likeness (QED) is 0.934. The van der Waals surface area contributed by atoms with Crippen molar-refractivity contribution in [2.45, 2.75) is 65.0 Å². The van der Waals surface area contributed by atoms with E-state index in [1.165, 1.54) is 0 Å². The van der Waals surface area contributed by atoms with Gasteiger partial charge in [0, 0.05) is 31.0 Å². The van der Waals surface area contributed by atoms with Crippen molar-refractivity contribution in [2.75, 3.05) is 0 Å². The van der Waals surface area contributed by atoms with Crippen LogP contribution in [0.2, 0.25) is 0 Å². The average Bonchev–Trinajstić information content (AvgIpc) is 3.13. The Hall–Kier alpha value is -2.18. The zero-order chi connectivity index (χ0) is 16.6. The van der Waals surface area contributed by atoms with Gasteiger partial charge < -0.3 is 14.4 Å². The van der Waals surface area contributed by atoms with E-state index in [9.17, 15) is 4.79 Å². The third-order valence-electron chi connectivity index (χ3n) is 4.17. The van der Waals surface area contributed by atoms with Gasteiger partial charge in [0.15, 0.2) is 0 Å². The van der Waals surface area contributed by atoms with Gasteiger partial charge in [-0.2, -0.15) is 0 Å². The minimum absolute atomic E-state index is 0.0519. The normalized spacial score (nSPS) is 17.6. The van der Waals surface area contributed by atoms with Crippen LogP contribution in [0.15, 0.2) is 10.6 Å². The van der Waals surface area contributed by atoms with Gasteiger partial charge >= 0.3 is 0 Å². The van der Waals surface area contributed by atoms with Crippen LogP contribution in [0.3, 0.4) is 0 Å². The Morgan fingerprint density at radius 1 is 1.30 bits per heavy atom. The molecule has 23 heavy (non-hydrogen) atoms. The fourth-order valence-corrected chi connectivity index (χ4v) is 2.82. The molecule has 3 rings (SSSR count). The molecule has 1 atom stereocenters. The molecule has 3 heterocycles. The van der Waals surface area contributed by atoms with Crippen LogP contribution in [0.5, 0.6) is 0 Å². The first-order valence-corrected chi connectivity index (χ1v) is 8.15. The number of hydrogen-bond donors (Lipinski definition) is 1. The van der Waals surface area contributed by atoms with Crippen molar-refractivity contribution in [3.05, 3.63) is 29.2 Å². The van der Waals surface area contributed by atoms with E-state index in [0.29, 0.717) is 12.5 Å². The van der Waals surface area contributed by atoms with E-state index in [1.54, 1.807) is 6.07 Å². The van der Waals surface area contributed by atoms with Gasteiger partial charge in [0.25, 0.3) is 5.91 Å². The summed E-state index contributed by atoms with van der Waals surface area (Å²) in [6.07, 6.45) is 1.67. The van der Waals surface area contributed by atoms with Gasteiger partial charge in [0.05, 0.1) is 5.69 Å². The van der Waals surface area contributed by atoms with Gasteiger partial charge in [-0.05, 0) is 12.3 Å². The number of carbonyl (C=O) groups excluding carboxylic acids is 1. The molecule has 1 unspecified atom stereocenters. The zero-order valence-corrected chi connectivity index (χ0v) is 14.0. The molecule has 7 nitrogen and oxygen atoms in total. The van der Waals surface area contributed by atoms with E-state index in [2.05, 4.69) is 39.1 Å². The van der Waals surface area contributed by atoms with Crippen molar-refractivity contribution in [1.82, 2.24) is 25.2 Å². The lowest BCUT2D eigenvalue weighted by atomic mass is 10.1. The lowest BCUT2D eigenvalue weighted by Crippen LogP contribution is -2.41. The summed E-state index contributed by atoms with van der Waals surface area (Å²) < 4.78 is 7.28. The Bertz CT molecular complexity index is 701. The summed E-state index contributed by atoms with van der Waals surface area (Å²) in [5.74, 6) is 2.59. The lowest BCUT2D eigenvalue weighted by Gasteiger charge is -2.25. The maximum absolute atomic E-state index is 12.3. The van der Waals surface area contributed by atoms with Crippen molar-refractivity contribution in [3.63, 3.8) is 0 Å². The number of nitrogens with zero attached hydrogens (tertiary/aromatic N) is 4. The Balaban J connectivity index is 1.69. The number of aryl methyl sites for hydroxylation is 1. The van der Waals surface area contributed by atoms with Crippen LogP contribution in [-0.4, -0.2) is 31.9 Å². The number of hydrogen-bond acceptors (Lipinski definition) is 5. The summed E-state index contributed by atoms with van der Waals surface area (Å²) >= 11 is 0. The first-order chi connectivity index (χ1) is 11.0. The monoisotopic (exact) mass is 317 g/mol. The Labute approximate surface area is 135 Å². The molecule has 0 aliphatic carbocycles. The second kappa shape index (κ2) is 6.14. The minimum atomic E-state index is -0.211. The average molecular weight is 317 g/mol. The molecule has 1 amide bonds. The van der Waals surface area contributed by atoms with E-state index in [-0.39, 0.29) is 23.6 Å². The molecule has 124 valence electrons. The van der Waals surface area contributed by atoms with E-state index >= 15 is 0 Å². The Morgan fingerprint density at radius 3 is 2.74 bits per heavy atom. The number of aromatic nitrogens is 4. The lowest BCUT2D eigenvalue weighted by molar-refractivity contribution is 0.0889. The van der Waals surface area contributed by atoms with Crippen LogP contribution in [-0.2, 0) is 13.0 Å². The highest BCUT2D eigenvalue weighted by molar-refractivity contribution is 5.91. The number of nitrogens with one attached hydrogen (secondary N) is 1. The molecule has 7 heteroatoms. The molecule has 0 fully saturated rings. The van der Waals surface area contributed by atoms with E-state index < -0.39 is 0 Å². The molecular formula is C16H23N5O2. The second-order valence-corrected chi connectivity index (χ2v) is 6.72. The van der Waals surface area contributed by atoms with Crippen molar-refractivity contribution < 1.29 is 9.32 Å². The molecule has 1 aliphatic heterocycles. The smallest absolute Gasteiger partial charge is 0.290 e. The van der Waals surface area contributed by atoms with Gasteiger partial charge in [-0.25, -0.2) is 0 Å². The summed E-state index contributed by atoms with van der Waals surface area (Å²) in [4.78, 5) is 12.3. The number of amides is 1. The third-order valence-corrected chi connectivity index (χ3v) is 4.17.